The molecule has 0 saturated carbocycles. The number of piperazine rings is 1. The molecule has 2 N–H and O–H groups in total. The Labute approximate surface area is 111 Å². The first-order chi connectivity index (χ1) is 8.85. The van der Waals surface area contributed by atoms with Crippen LogP contribution in [-0.4, -0.2) is 67.8 Å². The Morgan fingerprint density at radius 3 is 2.39 bits per heavy atom. The summed E-state index contributed by atoms with van der Waals surface area (Å²) in [5.74, 6) is 0. The van der Waals surface area contributed by atoms with Crippen molar-refractivity contribution < 1.29 is 4.74 Å². The zero-order valence-corrected chi connectivity index (χ0v) is 11.8. The van der Waals surface area contributed by atoms with Crippen LogP contribution in [0.1, 0.15) is 32.6 Å². The lowest BCUT2D eigenvalue weighted by molar-refractivity contribution is 0.00630. The smallest absolute Gasteiger partial charge is 0.0480 e. The van der Waals surface area contributed by atoms with Crippen LogP contribution < -0.4 is 5.73 Å². The Hall–Kier alpha value is -0.160. The molecular weight excluding hydrogens is 226 g/mol. The van der Waals surface area contributed by atoms with Gasteiger partial charge in [-0.05, 0) is 19.3 Å². The third-order valence-corrected chi connectivity index (χ3v) is 4.47. The SMILES string of the molecule is CCCC(CN)N1CCN(C2CCOCC2)CC1. The second-order valence-electron chi connectivity index (χ2n) is 5.59. The van der Waals surface area contributed by atoms with Gasteiger partial charge in [0.1, 0.15) is 0 Å². The summed E-state index contributed by atoms with van der Waals surface area (Å²) in [6, 6.07) is 1.37. The molecule has 4 heteroatoms. The molecule has 0 bridgehead atoms. The van der Waals surface area contributed by atoms with Gasteiger partial charge in [0.2, 0.25) is 0 Å². The quantitative estimate of drug-likeness (QED) is 0.793. The van der Waals surface area contributed by atoms with E-state index in [1.807, 2.05) is 0 Å². The van der Waals surface area contributed by atoms with Crippen LogP contribution in [0, 0.1) is 0 Å². The van der Waals surface area contributed by atoms with Gasteiger partial charge in [0, 0.05) is 58.0 Å². The van der Waals surface area contributed by atoms with Gasteiger partial charge >= 0.3 is 0 Å². The van der Waals surface area contributed by atoms with Crippen molar-refractivity contribution in [1.82, 2.24) is 9.80 Å². The molecule has 106 valence electrons. The van der Waals surface area contributed by atoms with E-state index in [0.29, 0.717) is 6.04 Å². The van der Waals surface area contributed by atoms with Gasteiger partial charge in [0.05, 0.1) is 0 Å². The van der Waals surface area contributed by atoms with Crippen molar-refractivity contribution in [2.24, 2.45) is 5.73 Å². The normalized spacial score (nSPS) is 26.3. The second-order valence-corrected chi connectivity index (χ2v) is 5.59. The first-order valence-electron chi connectivity index (χ1n) is 7.61. The summed E-state index contributed by atoms with van der Waals surface area (Å²) in [7, 11) is 0. The van der Waals surface area contributed by atoms with E-state index in [1.54, 1.807) is 0 Å². The fourth-order valence-corrected chi connectivity index (χ4v) is 3.30. The average Bonchev–Trinajstić information content (AvgIpc) is 2.46. The van der Waals surface area contributed by atoms with E-state index in [9.17, 15) is 0 Å². The summed E-state index contributed by atoms with van der Waals surface area (Å²) in [6.45, 7) is 9.78. The lowest BCUT2D eigenvalue weighted by Gasteiger charge is -2.43. The highest BCUT2D eigenvalue weighted by atomic mass is 16.5. The van der Waals surface area contributed by atoms with Crippen molar-refractivity contribution in [3.8, 4) is 0 Å². The Balaban J connectivity index is 1.76. The van der Waals surface area contributed by atoms with E-state index in [1.165, 1.54) is 51.9 Å². The van der Waals surface area contributed by atoms with E-state index in [2.05, 4.69) is 16.7 Å². The van der Waals surface area contributed by atoms with Gasteiger partial charge in [-0.25, -0.2) is 0 Å². The van der Waals surface area contributed by atoms with Crippen molar-refractivity contribution in [2.75, 3.05) is 45.9 Å². The average molecular weight is 255 g/mol. The number of rotatable bonds is 5. The zero-order chi connectivity index (χ0) is 12.8. The molecule has 0 radical (unpaired) electrons. The first kappa shape index (κ1) is 14.3. The van der Waals surface area contributed by atoms with E-state index < -0.39 is 0 Å². The summed E-state index contributed by atoms with van der Waals surface area (Å²) < 4.78 is 5.45. The standard InChI is InChI=1S/C14H29N3O/c1-2-3-14(12-15)17-8-6-16(7-9-17)13-4-10-18-11-5-13/h13-14H,2-12,15H2,1H3. The van der Waals surface area contributed by atoms with Crippen molar-refractivity contribution in [3.63, 3.8) is 0 Å². The van der Waals surface area contributed by atoms with Crippen molar-refractivity contribution in [3.05, 3.63) is 0 Å². The molecule has 1 atom stereocenters. The van der Waals surface area contributed by atoms with Gasteiger partial charge in [0.15, 0.2) is 0 Å². The minimum Gasteiger partial charge on any atom is -0.381 e. The van der Waals surface area contributed by atoms with Crippen LogP contribution in [0.3, 0.4) is 0 Å². The molecule has 2 saturated heterocycles. The maximum atomic E-state index is 5.90. The molecule has 4 nitrogen and oxygen atoms in total. The van der Waals surface area contributed by atoms with Gasteiger partial charge < -0.3 is 10.5 Å². The van der Waals surface area contributed by atoms with Crippen LogP contribution in [0.4, 0.5) is 0 Å². The zero-order valence-electron chi connectivity index (χ0n) is 11.8. The maximum Gasteiger partial charge on any atom is 0.0480 e. The van der Waals surface area contributed by atoms with E-state index in [0.717, 1.165) is 25.8 Å². The summed E-state index contributed by atoms with van der Waals surface area (Å²) >= 11 is 0. The van der Waals surface area contributed by atoms with Crippen LogP contribution in [0.15, 0.2) is 0 Å². The van der Waals surface area contributed by atoms with E-state index >= 15 is 0 Å². The number of hydrogen-bond acceptors (Lipinski definition) is 4. The molecule has 2 rings (SSSR count). The van der Waals surface area contributed by atoms with Gasteiger partial charge in [-0.15, -0.1) is 0 Å². The predicted octanol–water partition coefficient (Wildman–Crippen LogP) is 0.910. The van der Waals surface area contributed by atoms with Gasteiger partial charge in [-0.3, -0.25) is 9.80 Å². The van der Waals surface area contributed by atoms with E-state index in [4.69, 9.17) is 10.5 Å². The summed E-state index contributed by atoms with van der Waals surface area (Å²) in [5.41, 5.74) is 5.90. The number of nitrogens with zero attached hydrogens (tertiary/aromatic N) is 2. The third kappa shape index (κ3) is 3.67. The van der Waals surface area contributed by atoms with Crippen molar-refractivity contribution in [1.29, 1.82) is 0 Å². The fourth-order valence-electron chi connectivity index (χ4n) is 3.30. The molecule has 2 aliphatic heterocycles. The Morgan fingerprint density at radius 2 is 1.83 bits per heavy atom. The van der Waals surface area contributed by atoms with Crippen LogP contribution in [0.2, 0.25) is 0 Å². The molecule has 18 heavy (non-hydrogen) atoms. The maximum absolute atomic E-state index is 5.90. The van der Waals surface area contributed by atoms with Crippen LogP contribution in [0.25, 0.3) is 0 Å². The van der Waals surface area contributed by atoms with Crippen molar-refractivity contribution >= 4 is 0 Å². The molecule has 2 fully saturated rings. The van der Waals surface area contributed by atoms with Crippen LogP contribution in [0.5, 0.6) is 0 Å². The van der Waals surface area contributed by atoms with Gasteiger partial charge in [-0.1, -0.05) is 13.3 Å². The topological polar surface area (TPSA) is 41.7 Å². The molecule has 0 aliphatic carbocycles. The molecule has 0 aromatic rings. The molecule has 2 aliphatic rings. The largest absolute Gasteiger partial charge is 0.381 e. The molecule has 0 aromatic carbocycles. The van der Waals surface area contributed by atoms with Gasteiger partial charge in [0.25, 0.3) is 0 Å². The van der Waals surface area contributed by atoms with Gasteiger partial charge in [-0.2, -0.15) is 0 Å². The highest BCUT2D eigenvalue weighted by Crippen LogP contribution is 2.18. The number of nitrogens with two attached hydrogens (primary N) is 1. The molecule has 1 unspecified atom stereocenters. The Kier molecular flexibility index (Phi) is 5.89. The minimum absolute atomic E-state index is 0.604. The highest BCUT2D eigenvalue weighted by molar-refractivity contribution is 4.83. The molecule has 0 aromatic heterocycles. The first-order valence-corrected chi connectivity index (χ1v) is 7.61. The predicted molar refractivity (Wildman–Crippen MR) is 74.7 cm³/mol. The lowest BCUT2D eigenvalue weighted by atomic mass is 10.0. The summed E-state index contributed by atoms with van der Waals surface area (Å²) in [6.07, 6.45) is 4.92. The number of hydrogen-bond donors (Lipinski definition) is 1. The third-order valence-electron chi connectivity index (χ3n) is 4.47. The monoisotopic (exact) mass is 255 g/mol. The molecule has 2 heterocycles. The Bertz CT molecular complexity index is 210. The lowest BCUT2D eigenvalue weighted by Crippen LogP contribution is -2.55. The summed E-state index contributed by atoms with van der Waals surface area (Å²) in [5, 5.41) is 0. The van der Waals surface area contributed by atoms with Crippen LogP contribution in [-0.2, 0) is 4.74 Å². The summed E-state index contributed by atoms with van der Waals surface area (Å²) in [4.78, 5) is 5.26. The van der Waals surface area contributed by atoms with Crippen LogP contribution >= 0.6 is 0 Å². The second kappa shape index (κ2) is 7.43. The van der Waals surface area contributed by atoms with E-state index in [-0.39, 0.29) is 0 Å². The molecular formula is C14H29N3O. The Morgan fingerprint density at radius 1 is 1.17 bits per heavy atom. The highest BCUT2D eigenvalue weighted by Gasteiger charge is 2.27. The minimum atomic E-state index is 0.604. The molecule has 0 spiro atoms. The fraction of sp³-hybridized carbons (Fsp3) is 1.00. The van der Waals surface area contributed by atoms with Crippen molar-refractivity contribution in [2.45, 2.75) is 44.7 Å². The molecule has 0 amide bonds. The number of ether oxygens (including phenoxy) is 1.